The number of anilines is 2. The Hall–Kier alpha value is -7.52. The smallest absolute Gasteiger partial charge is 0.296 e. The number of azo groups is 2. The number of nitrogens with zero attached hydrogens (tertiary/aromatic N) is 10. The van der Waals surface area contributed by atoms with E-state index in [1.54, 1.807) is 29.4 Å². The molecule has 0 aliphatic heterocycles. The number of hydrogen-bond donors (Lipinski definition) is 28. The van der Waals surface area contributed by atoms with Crippen molar-refractivity contribution in [1.29, 1.82) is 0 Å². The molecule has 0 aliphatic rings. The van der Waals surface area contributed by atoms with E-state index in [1.807, 2.05) is 0 Å². The largest absolute Gasteiger partial charge is 0.505 e. The summed E-state index contributed by atoms with van der Waals surface area (Å²) in [5, 5.41) is 187. The van der Waals surface area contributed by atoms with Crippen molar-refractivity contribution in [3.63, 3.8) is 0 Å². The maximum atomic E-state index is 12.4. The van der Waals surface area contributed by atoms with E-state index in [9.17, 15) is 88.0 Å². The molecule has 0 amide bonds. The van der Waals surface area contributed by atoms with Gasteiger partial charge in [-0.25, -0.2) is 0 Å². The maximum absolute atomic E-state index is 12.4. The Morgan fingerprint density at radius 2 is 0.429 bits per heavy atom. The fraction of sp³-hybridized carbons (Fsp3) is 0.514. The van der Waals surface area contributed by atoms with Crippen LogP contribution in [0.15, 0.2) is 123 Å². The second kappa shape index (κ2) is 61.9. The number of aromatic hydroxyl groups is 2. The molecule has 0 bridgehead atoms. The molecule has 720 valence electrons. The van der Waals surface area contributed by atoms with Gasteiger partial charge in [0.05, 0.1) is 152 Å². The molecular formula is C70H116N12O38S6. The predicted molar refractivity (Wildman–Crippen MR) is 455 cm³/mol. The molecule has 0 saturated carbocycles. The van der Waals surface area contributed by atoms with Gasteiger partial charge < -0.3 is 114 Å². The lowest BCUT2D eigenvalue weighted by molar-refractivity contribution is 0.136. The minimum atomic E-state index is -5.23. The van der Waals surface area contributed by atoms with Crippen molar-refractivity contribution in [3.05, 3.63) is 83.9 Å². The zero-order valence-corrected chi connectivity index (χ0v) is 73.0. The number of aliphatic hydroxyl groups excluding tert-OH is 18. The van der Waals surface area contributed by atoms with Crippen molar-refractivity contribution in [2.45, 2.75) is 29.4 Å². The van der Waals surface area contributed by atoms with Gasteiger partial charge in [-0.05, 0) is 59.7 Å². The molecule has 0 saturated heterocycles. The van der Waals surface area contributed by atoms with Gasteiger partial charge in [-0.2, -0.15) is 60.7 Å². The minimum absolute atomic E-state index is 0.0694. The maximum Gasteiger partial charge on any atom is 0.296 e. The zero-order chi connectivity index (χ0) is 96.2. The first-order valence-electron chi connectivity index (χ1n) is 37.4. The van der Waals surface area contributed by atoms with E-state index in [4.69, 9.17) is 103 Å². The molecule has 6 aromatic carbocycles. The molecule has 50 nitrogen and oxygen atoms in total. The van der Waals surface area contributed by atoms with Gasteiger partial charge in [0.1, 0.15) is 40.7 Å². The predicted octanol–water partition coefficient (Wildman–Crippen LogP) is -5.36. The molecule has 0 aliphatic carbocycles. The summed E-state index contributed by atoms with van der Waals surface area (Å²) in [5.41, 5.74) is 7.52. The monoisotopic (exact) mass is 1920 g/mol. The van der Waals surface area contributed by atoms with Crippen LogP contribution in [0.3, 0.4) is 0 Å². The highest BCUT2D eigenvalue weighted by Gasteiger charge is 2.29. The molecule has 6 rings (SSSR count). The Morgan fingerprint density at radius 3 is 0.595 bits per heavy atom. The van der Waals surface area contributed by atoms with E-state index < -0.39 is 146 Å². The van der Waals surface area contributed by atoms with Crippen molar-refractivity contribution >= 4 is 129 Å². The van der Waals surface area contributed by atoms with Crippen LogP contribution in [0.5, 0.6) is 11.5 Å². The summed E-state index contributed by atoms with van der Waals surface area (Å²) in [6.45, 7) is 10.5. The molecule has 30 N–H and O–H groups in total. The van der Waals surface area contributed by atoms with Gasteiger partial charge in [-0.1, -0.05) is 36.4 Å². The van der Waals surface area contributed by atoms with Crippen molar-refractivity contribution in [1.82, 2.24) is 29.4 Å². The van der Waals surface area contributed by atoms with E-state index in [0.717, 1.165) is 72.8 Å². The van der Waals surface area contributed by atoms with Crippen LogP contribution in [0, 0.1) is 0 Å². The van der Waals surface area contributed by atoms with Crippen LogP contribution in [-0.4, -0.2) is 446 Å². The quantitative estimate of drug-likeness (QED) is 0.00734. The number of hydrogen-bond acceptors (Lipinski definition) is 44. The first-order chi connectivity index (χ1) is 59.3. The molecule has 0 unspecified atom stereocenters. The summed E-state index contributed by atoms with van der Waals surface area (Å²) >= 11 is 0. The molecule has 0 atom stereocenters. The van der Waals surface area contributed by atoms with Gasteiger partial charge >= 0.3 is 0 Å². The zero-order valence-electron chi connectivity index (χ0n) is 68.1. The fourth-order valence-electron chi connectivity index (χ4n) is 10.8. The minimum Gasteiger partial charge on any atom is -0.505 e. The Balaban J connectivity index is 0.00000206. The normalized spacial score (nSPS) is 12.2. The second-order valence-electron chi connectivity index (χ2n) is 25.4. The molecule has 126 heavy (non-hydrogen) atoms. The molecule has 0 aromatic heterocycles. The summed E-state index contributed by atoms with van der Waals surface area (Å²) in [7, 11) is -31.1. The fourth-order valence-corrected chi connectivity index (χ4v) is 15.1. The number of nitrogen functional groups attached to an aromatic ring is 2. The number of nitrogens with two attached hydrogens (primary N) is 2. The Kier molecular flexibility index (Phi) is 58.2. The molecule has 0 fully saturated rings. The van der Waals surface area contributed by atoms with Crippen LogP contribution in [0.2, 0.25) is 0 Å². The average Bonchev–Trinajstić information content (AvgIpc) is 0.747. The van der Waals surface area contributed by atoms with E-state index in [0.29, 0.717) is 130 Å². The van der Waals surface area contributed by atoms with Crippen LogP contribution in [-0.2, 0) is 60.7 Å². The Labute approximate surface area is 727 Å². The summed E-state index contributed by atoms with van der Waals surface area (Å²) < 4.78 is 204. The number of phenolic OH excluding ortho intramolecular Hbond substituents is 2. The van der Waals surface area contributed by atoms with Crippen LogP contribution < -0.4 is 11.5 Å². The van der Waals surface area contributed by atoms with Gasteiger partial charge in [0, 0.05) is 129 Å². The third-order valence-corrected chi connectivity index (χ3v) is 22.0. The van der Waals surface area contributed by atoms with Crippen molar-refractivity contribution in [3.8, 4) is 11.5 Å². The van der Waals surface area contributed by atoms with E-state index >= 15 is 0 Å². The number of rotatable bonds is 48. The van der Waals surface area contributed by atoms with Crippen LogP contribution in [0.1, 0.15) is 11.1 Å². The topological polar surface area (TPSA) is 852 Å². The highest BCUT2D eigenvalue weighted by Crippen LogP contribution is 2.46. The summed E-state index contributed by atoms with van der Waals surface area (Å²) in [4.78, 5) is 4.49. The summed E-state index contributed by atoms with van der Waals surface area (Å²) in [6, 6.07) is 10.3. The first kappa shape index (κ1) is 118. The van der Waals surface area contributed by atoms with Crippen LogP contribution in [0.25, 0.3) is 33.7 Å². The van der Waals surface area contributed by atoms with Crippen LogP contribution >= 0.6 is 0 Å². The molecule has 56 heteroatoms. The van der Waals surface area contributed by atoms with Gasteiger partial charge in [0.25, 0.3) is 60.7 Å². The Morgan fingerprint density at radius 1 is 0.246 bits per heavy atom. The van der Waals surface area contributed by atoms with Crippen LogP contribution in [0.4, 0.5) is 34.1 Å². The lowest BCUT2D eigenvalue weighted by Crippen LogP contribution is -2.32. The van der Waals surface area contributed by atoms with E-state index in [-0.39, 0.29) is 141 Å². The molecule has 6 aromatic rings. The number of benzene rings is 6. The highest BCUT2D eigenvalue weighted by atomic mass is 32.2. The van der Waals surface area contributed by atoms with Crippen molar-refractivity contribution in [2.24, 2.45) is 20.5 Å². The number of aliphatic hydroxyl groups is 18. The molecular weight excluding hydrogens is 1810 g/mol. The SMILES string of the molecule is Nc1c(S(=O)(=O)O)cc(S(=O)(=O)O)c2ccc(N=Nc3ccc(/C=C/c4ccc(N=Nc5ccc6c(S(=O)(=O)O)cc(S(=O)(=O)O)c(N)c6c5O)cc4S(=O)(=O)O)c(S(=O)(=O)O)c3)c(O)c12.OCCN(CCO)CCO.OCCN(CCO)CCO.OCCN(CCO)CCO.OCCN(CCO)CCO.OCCN(CCO)CCO.OCCN(CCO)CCO. The Bertz CT molecular complexity index is 4560. The molecule has 0 heterocycles. The third kappa shape index (κ3) is 43.3. The van der Waals surface area contributed by atoms with Gasteiger partial charge in [-0.15, -0.1) is 10.2 Å². The number of phenols is 2. The third-order valence-electron chi connectivity index (χ3n) is 16.6. The number of fused-ring (bicyclic) bond motifs is 2. The van der Waals surface area contributed by atoms with Gasteiger partial charge in [0.15, 0.2) is 11.5 Å². The highest BCUT2D eigenvalue weighted by molar-refractivity contribution is 7.87. The average molecular weight is 1930 g/mol. The summed E-state index contributed by atoms with van der Waals surface area (Å²) in [5.74, 6) is -2.02. The molecule has 0 spiro atoms. The van der Waals surface area contributed by atoms with E-state index in [1.165, 1.54) is 0 Å². The van der Waals surface area contributed by atoms with Gasteiger partial charge in [0.2, 0.25) is 0 Å². The second-order valence-corrected chi connectivity index (χ2v) is 33.7. The standard InChI is InChI=1S/C34H26N6O20S6.6C6H15NO3/c35-31-27(65(55,56)57)13-25(63(49,50)51)19-7-9-21(33(41)29(19)31)39-37-17-5-3-15(23(11-17)61(43,44)45)1-2-16-4-6-18(12-24(16)62(46,47)48)38-40-22-10-8-20-26(64(52,53)54)14-28(66(58,59)60)32(36)30(20)34(22)42;6*8-4-1-7(2-5-9)3-6-10/h1-14,41-42H,35-36H2,(H,43,44,45)(H,46,47,48)(H,49,50,51)(H,52,53,54)(H,55,56,57)(H,58,59,60);6*8-10H,1-6H2/b2-1+,39-37?,40-38?;;;;;;. The molecule has 0 radical (unpaired) electrons. The van der Waals surface area contributed by atoms with Crippen molar-refractivity contribution < 1.29 is 180 Å². The lowest BCUT2D eigenvalue weighted by Gasteiger charge is -2.17. The lowest BCUT2D eigenvalue weighted by atomic mass is 10.1. The van der Waals surface area contributed by atoms with Crippen molar-refractivity contribution in [2.75, 3.05) is 248 Å². The van der Waals surface area contributed by atoms with E-state index in [2.05, 4.69) is 20.5 Å². The first-order valence-corrected chi connectivity index (χ1v) is 46.0. The summed E-state index contributed by atoms with van der Waals surface area (Å²) in [6.07, 6.45) is 1.96. The van der Waals surface area contributed by atoms with Gasteiger partial charge in [-0.3, -0.25) is 56.7 Å².